The summed E-state index contributed by atoms with van der Waals surface area (Å²) in [5.74, 6) is 0.0531. The van der Waals surface area contributed by atoms with Crippen molar-refractivity contribution in [3.05, 3.63) is 59.7 Å². The van der Waals surface area contributed by atoms with E-state index in [-0.39, 0.29) is 11.8 Å². The van der Waals surface area contributed by atoms with Gasteiger partial charge in [-0.1, -0.05) is 30.3 Å². The first-order valence-corrected chi connectivity index (χ1v) is 8.57. The number of fused-ring (bicyclic) bond motifs is 2. The minimum Gasteiger partial charge on any atom is -0.326 e. The third-order valence-corrected chi connectivity index (χ3v) is 5.15. The fraction of sp³-hybridized carbons (Fsp3) is 0.300. The van der Waals surface area contributed by atoms with Crippen LogP contribution in [0.1, 0.15) is 24.5 Å². The number of nitrogens with zero attached hydrogens (tertiary/aromatic N) is 1. The Balaban J connectivity index is 1.48. The van der Waals surface area contributed by atoms with E-state index >= 15 is 0 Å². The average Bonchev–Trinajstić information content (AvgIpc) is 3.12. The summed E-state index contributed by atoms with van der Waals surface area (Å²) in [6.45, 7) is 3.94. The largest absolute Gasteiger partial charge is 0.326 e. The molecule has 1 fully saturated rings. The van der Waals surface area contributed by atoms with Gasteiger partial charge in [0.25, 0.3) is 0 Å². The van der Waals surface area contributed by atoms with E-state index in [2.05, 4.69) is 21.6 Å². The summed E-state index contributed by atoms with van der Waals surface area (Å²) >= 11 is 0. The first kappa shape index (κ1) is 15.8. The highest BCUT2D eigenvalue weighted by atomic mass is 16.2. The first-order valence-electron chi connectivity index (χ1n) is 8.57. The molecule has 5 heteroatoms. The molecule has 0 bridgehead atoms. The third kappa shape index (κ3) is 2.81. The van der Waals surface area contributed by atoms with Crippen molar-refractivity contribution in [3.8, 4) is 0 Å². The van der Waals surface area contributed by atoms with Crippen LogP contribution in [0, 0.1) is 0 Å². The van der Waals surface area contributed by atoms with Crippen molar-refractivity contribution in [3.63, 3.8) is 0 Å². The molecule has 5 nitrogen and oxygen atoms in total. The smallest absolute Gasteiger partial charge is 0.236 e. The number of likely N-dealkylation sites (tertiary alicyclic amines) is 1. The predicted molar refractivity (Wildman–Crippen MR) is 97.4 cm³/mol. The normalized spacial score (nSPS) is 22.0. The molecule has 25 heavy (non-hydrogen) atoms. The zero-order valence-corrected chi connectivity index (χ0v) is 14.2. The minimum absolute atomic E-state index is 0.0693. The quantitative estimate of drug-likeness (QED) is 0.907. The van der Waals surface area contributed by atoms with E-state index in [0.717, 1.165) is 43.0 Å². The summed E-state index contributed by atoms with van der Waals surface area (Å²) in [6.07, 6.45) is 0.847. The fourth-order valence-corrected chi connectivity index (χ4v) is 3.96. The number of anilines is 2. The number of benzene rings is 2. The summed E-state index contributed by atoms with van der Waals surface area (Å²) < 4.78 is 0. The summed E-state index contributed by atoms with van der Waals surface area (Å²) in [6, 6.07) is 15.9. The fourth-order valence-electron chi connectivity index (χ4n) is 3.96. The lowest BCUT2D eigenvalue weighted by atomic mass is 9.81. The van der Waals surface area contributed by atoms with Gasteiger partial charge in [-0.2, -0.15) is 0 Å². The predicted octanol–water partition coefficient (Wildman–Crippen LogP) is 2.74. The van der Waals surface area contributed by atoms with E-state index in [4.69, 9.17) is 0 Å². The van der Waals surface area contributed by atoms with Gasteiger partial charge in [-0.05, 0) is 42.3 Å². The Morgan fingerprint density at radius 1 is 1.20 bits per heavy atom. The van der Waals surface area contributed by atoms with Crippen molar-refractivity contribution in [2.24, 2.45) is 0 Å². The molecule has 0 aromatic heterocycles. The Labute approximate surface area is 147 Å². The molecule has 1 unspecified atom stereocenters. The third-order valence-electron chi connectivity index (χ3n) is 5.15. The SMILES string of the molecule is CC(=O)Nc1ccc(CN2CCC3(C2)C(=O)Nc2ccccc23)cc1. The van der Waals surface area contributed by atoms with Crippen molar-refractivity contribution in [1.82, 2.24) is 4.90 Å². The van der Waals surface area contributed by atoms with E-state index in [9.17, 15) is 9.59 Å². The summed E-state index contributed by atoms with van der Waals surface area (Å²) in [7, 11) is 0. The molecule has 2 heterocycles. The van der Waals surface area contributed by atoms with Crippen molar-refractivity contribution < 1.29 is 9.59 Å². The highest BCUT2D eigenvalue weighted by molar-refractivity contribution is 6.06. The van der Waals surface area contributed by atoms with Gasteiger partial charge in [-0.25, -0.2) is 0 Å². The van der Waals surface area contributed by atoms with Gasteiger partial charge in [-0.3, -0.25) is 14.5 Å². The van der Waals surface area contributed by atoms with Gasteiger partial charge in [-0.15, -0.1) is 0 Å². The summed E-state index contributed by atoms with van der Waals surface area (Å²) in [4.78, 5) is 26.0. The van der Waals surface area contributed by atoms with Crippen LogP contribution >= 0.6 is 0 Å². The maximum Gasteiger partial charge on any atom is 0.236 e. The van der Waals surface area contributed by atoms with Gasteiger partial charge in [0.05, 0.1) is 5.41 Å². The van der Waals surface area contributed by atoms with Crippen molar-refractivity contribution in [1.29, 1.82) is 0 Å². The maximum atomic E-state index is 12.6. The molecule has 2 aliphatic heterocycles. The molecule has 2 aromatic carbocycles. The first-order chi connectivity index (χ1) is 12.1. The van der Waals surface area contributed by atoms with E-state index in [1.54, 1.807) is 0 Å². The molecule has 2 aromatic rings. The van der Waals surface area contributed by atoms with E-state index in [0.29, 0.717) is 0 Å². The number of hydrogen-bond acceptors (Lipinski definition) is 3. The number of carbonyl (C=O) groups excluding carboxylic acids is 2. The van der Waals surface area contributed by atoms with Gasteiger partial charge in [0.15, 0.2) is 0 Å². The Hall–Kier alpha value is -2.66. The molecule has 1 saturated heterocycles. The van der Waals surface area contributed by atoms with E-state index < -0.39 is 5.41 Å². The highest BCUT2D eigenvalue weighted by Crippen LogP contribution is 2.44. The standard InChI is InChI=1S/C20H21N3O2/c1-14(24)21-16-8-6-15(7-9-16)12-23-11-10-20(13-23)17-4-2-3-5-18(17)22-19(20)25/h2-9H,10-13H2,1H3,(H,21,24)(H,22,25). The number of nitrogens with one attached hydrogen (secondary N) is 2. The Morgan fingerprint density at radius 2 is 1.96 bits per heavy atom. The highest BCUT2D eigenvalue weighted by Gasteiger charge is 2.50. The van der Waals surface area contributed by atoms with Gasteiger partial charge in [0.2, 0.25) is 11.8 Å². The zero-order valence-electron chi connectivity index (χ0n) is 14.2. The van der Waals surface area contributed by atoms with Crippen molar-refractivity contribution >= 4 is 23.2 Å². The van der Waals surface area contributed by atoms with Crippen LogP contribution in [0.4, 0.5) is 11.4 Å². The summed E-state index contributed by atoms with van der Waals surface area (Å²) in [5.41, 5.74) is 3.65. The van der Waals surface area contributed by atoms with Crippen LogP contribution in [0.3, 0.4) is 0 Å². The molecular weight excluding hydrogens is 314 g/mol. The monoisotopic (exact) mass is 335 g/mol. The zero-order chi connectivity index (χ0) is 17.4. The van der Waals surface area contributed by atoms with Crippen LogP contribution < -0.4 is 10.6 Å². The van der Waals surface area contributed by atoms with Gasteiger partial charge < -0.3 is 10.6 Å². The molecule has 2 amide bonds. The van der Waals surface area contributed by atoms with Crippen LogP contribution in [0.2, 0.25) is 0 Å². The molecule has 0 aliphatic carbocycles. The lowest BCUT2D eigenvalue weighted by Crippen LogP contribution is -2.37. The average molecular weight is 335 g/mol. The molecule has 0 saturated carbocycles. The van der Waals surface area contributed by atoms with E-state index in [1.165, 1.54) is 12.5 Å². The molecule has 128 valence electrons. The molecule has 4 rings (SSSR count). The molecule has 1 spiro atoms. The van der Waals surface area contributed by atoms with Crippen LogP contribution in [-0.4, -0.2) is 29.8 Å². The molecule has 1 atom stereocenters. The second-order valence-electron chi connectivity index (χ2n) is 6.92. The Morgan fingerprint density at radius 3 is 2.72 bits per heavy atom. The van der Waals surface area contributed by atoms with Gasteiger partial charge >= 0.3 is 0 Å². The Bertz CT molecular complexity index is 831. The molecular formula is C20H21N3O2. The molecule has 2 N–H and O–H groups in total. The lowest BCUT2D eigenvalue weighted by molar-refractivity contribution is -0.120. The topological polar surface area (TPSA) is 61.4 Å². The number of rotatable bonds is 3. The van der Waals surface area contributed by atoms with Crippen LogP contribution in [0.5, 0.6) is 0 Å². The van der Waals surface area contributed by atoms with Crippen molar-refractivity contribution in [2.45, 2.75) is 25.3 Å². The second kappa shape index (κ2) is 6.01. The van der Waals surface area contributed by atoms with Crippen LogP contribution in [0.25, 0.3) is 0 Å². The van der Waals surface area contributed by atoms with Gasteiger partial charge in [0.1, 0.15) is 0 Å². The molecule has 0 radical (unpaired) electrons. The van der Waals surface area contributed by atoms with Gasteiger partial charge in [0, 0.05) is 31.4 Å². The Kier molecular flexibility index (Phi) is 3.81. The summed E-state index contributed by atoms with van der Waals surface area (Å²) in [5, 5.41) is 5.81. The second-order valence-corrected chi connectivity index (χ2v) is 6.92. The molecule has 2 aliphatic rings. The number of hydrogen-bond donors (Lipinski definition) is 2. The number of para-hydroxylation sites is 1. The van der Waals surface area contributed by atoms with Crippen LogP contribution in [-0.2, 0) is 21.5 Å². The van der Waals surface area contributed by atoms with E-state index in [1.807, 2.05) is 42.5 Å². The maximum absolute atomic E-state index is 12.6. The number of amides is 2. The number of carbonyl (C=O) groups is 2. The minimum atomic E-state index is -0.410. The van der Waals surface area contributed by atoms with Crippen molar-refractivity contribution in [2.75, 3.05) is 23.7 Å². The van der Waals surface area contributed by atoms with Crippen LogP contribution in [0.15, 0.2) is 48.5 Å². The lowest BCUT2D eigenvalue weighted by Gasteiger charge is -2.22.